The molecule has 80 valence electrons. The molecule has 0 heterocycles. The van der Waals surface area contributed by atoms with Crippen molar-refractivity contribution >= 4 is 0 Å². The van der Waals surface area contributed by atoms with Crippen LogP contribution in [0.3, 0.4) is 0 Å². The van der Waals surface area contributed by atoms with E-state index < -0.39 is 0 Å². The molecule has 2 nitrogen and oxygen atoms in total. The van der Waals surface area contributed by atoms with Gasteiger partial charge in [0, 0.05) is 0 Å². The molecule has 0 aliphatic carbocycles. The molecule has 0 saturated carbocycles. The fraction of sp³-hybridized carbons (Fsp3) is 1.00. The van der Waals surface area contributed by atoms with Crippen LogP contribution in [-0.4, -0.2) is 24.7 Å². The van der Waals surface area contributed by atoms with Gasteiger partial charge in [-0.3, -0.25) is 4.59 Å². The Labute approximate surface area is 83.7 Å². The van der Waals surface area contributed by atoms with Crippen molar-refractivity contribution in [3.05, 3.63) is 0 Å². The molecule has 0 saturated heterocycles. The molecule has 0 bridgehead atoms. The molecule has 0 rings (SSSR count). The summed E-state index contributed by atoms with van der Waals surface area (Å²) in [5.41, 5.74) is 0. The molecule has 0 spiro atoms. The van der Waals surface area contributed by atoms with Crippen LogP contribution in [0, 0.1) is 11.8 Å². The molecule has 0 amide bonds. The highest BCUT2D eigenvalue weighted by atomic mass is 15.6. The Morgan fingerprint density at radius 3 is 2.15 bits per heavy atom. The van der Waals surface area contributed by atoms with Crippen LogP contribution >= 0.6 is 0 Å². The summed E-state index contributed by atoms with van der Waals surface area (Å²) in [7, 11) is 2.10. The standard InChI is InChI=1S/C11H27N2/c1-6-13(5,12)9-7-8-11(4)10(2)3/h10-11H,6-9,12H2,1-5H3/q+1. The second kappa shape index (κ2) is 5.61. The van der Waals surface area contributed by atoms with E-state index in [1.165, 1.54) is 12.8 Å². The van der Waals surface area contributed by atoms with E-state index in [0.29, 0.717) is 4.59 Å². The van der Waals surface area contributed by atoms with Crippen molar-refractivity contribution in [1.29, 1.82) is 0 Å². The summed E-state index contributed by atoms with van der Waals surface area (Å²) in [6.07, 6.45) is 2.56. The van der Waals surface area contributed by atoms with Crippen molar-refractivity contribution in [1.82, 2.24) is 0 Å². The number of nitrogens with zero attached hydrogens (tertiary/aromatic N) is 1. The van der Waals surface area contributed by atoms with Crippen molar-refractivity contribution in [2.45, 2.75) is 40.5 Å². The molecule has 0 aromatic carbocycles. The lowest BCUT2D eigenvalue weighted by molar-refractivity contribution is -0.919. The third-order valence-corrected chi connectivity index (χ3v) is 3.19. The highest BCUT2D eigenvalue weighted by Crippen LogP contribution is 2.16. The Morgan fingerprint density at radius 1 is 1.23 bits per heavy atom. The predicted octanol–water partition coefficient (Wildman–Crippen LogP) is 2.40. The summed E-state index contributed by atoms with van der Waals surface area (Å²) < 4.78 is 0.671. The molecule has 2 unspecified atom stereocenters. The van der Waals surface area contributed by atoms with Gasteiger partial charge in [-0.25, -0.2) is 0 Å². The molecule has 0 aliphatic rings. The van der Waals surface area contributed by atoms with E-state index in [1.54, 1.807) is 0 Å². The maximum absolute atomic E-state index is 6.02. The average Bonchev–Trinajstić information content (AvgIpc) is 2.04. The maximum atomic E-state index is 6.02. The first-order valence-electron chi connectivity index (χ1n) is 5.52. The van der Waals surface area contributed by atoms with Crippen molar-refractivity contribution in [3.63, 3.8) is 0 Å². The van der Waals surface area contributed by atoms with Gasteiger partial charge >= 0.3 is 0 Å². The minimum Gasteiger partial charge on any atom is -0.251 e. The van der Waals surface area contributed by atoms with Gasteiger partial charge in [0.1, 0.15) is 0 Å². The van der Waals surface area contributed by atoms with Gasteiger partial charge in [-0.2, -0.15) is 5.84 Å². The molecular formula is C11H27N2+. The second-order valence-electron chi connectivity index (χ2n) is 4.88. The average molecular weight is 187 g/mol. The first-order valence-corrected chi connectivity index (χ1v) is 5.52. The summed E-state index contributed by atoms with van der Waals surface area (Å²) in [5, 5.41) is 0. The normalized spacial score (nSPS) is 18.7. The van der Waals surface area contributed by atoms with Gasteiger partial charge in [0.05, 0.1) is 20.1 Å². The zero-order valence-electron chi connectivity index (χ0n) is 10.0. The van der Waals surface area contributed by atoms with Crippen molar-refractivity contribution in [2.24, 2.45) is 17.7 Å². The minimum atomic E-state index is 0.671. The minimum absolute atomic E-state index is 0.671. The monoisotopic (exact) mass is 187 g/mol. The van der Waals surface area contributed by atoms with Gasteiger partial charge in [0.15, 0.2) is 0 Å². The van der Waals surface area contributed by atoms with Gasteiger partial charge in [0.2, 0.25) is 0 Å². The second-order valence-corrected chi connectivity index (χ2v) is 4.88. The van der Waals surface area contributed by atoms with Crippen molar-refractivity contribution in [3.8, 4) is 0 Å². The fourth-order valence-electron chi connectivity index (χ4n) is 1.27. The van der Waals surface area contributed by atoms with E-state index in [9.17, 15) is 0 Å². The number of hydrogen-bond donors (Lipinski definition) is 1. The number of nitrogens with two attached hydrogens (primary N) is 1. The summed E-state index contributed by atoms with van der Waals surface area (Å²) >= 11 is 0. The zero-order chi connectivity index (χ0) is 10.5. The summed E-state index contributed by atoms with van der Waals surface area (Å²) in [5.74, 6) is 7.65. The molecular weight excluding hydrogens is 160 g/mol. The van der Waals surface area contributed by atoms with Gasteiger partial charge in [-0.05, 0) is 31.6 Å². The molecule has 0 aromatic rings. The SMILES string of the molecule is CC[N+](C)(N)CCCC(C)C(C)C. The molecule has 2 heteroatoms. The lowest BCUT2D eigenvalue weighted by Gasteiger charge is -2.27. The predicted molar refractivity (Wildman–Crippen MR) is 59.0 cm³/mol. The zero-order valence-corrected chi connectivity index (χ0v) is 10.0. The van der Waals surface area contributed by atoms with E-state index in [0.717, 1.165) is 24.9 Å². The smallest absolute Gasteiger partial charge is 0.0958 e. The van der Waals surface area contributed by atoms with Gasteiger partial charge in [-0.1, -0.05) is 20.8 Å². The molecule has 13 heavy (non-hydrogen) atoms. The lowest BCUT2D eigenvalue weighted by atomic mass is 9.93. The van der Waals surface area contributed by atoms with Crippen LogP contribution in [0.15, 0.2) is 0 Å². The van der Waals surface area contributed by atoms with Crippen molar-refractivity contribution in [2.75, 3.05) is 20.1 Å². The largest absolute Gasteiger partial charge is 0.251 e. The van der Waals surface area contributed by atoms with E-state index in [4.69, 9.17) is 5.84 Å². The van der Waals surface area contributed by atoms with Crippen LogP contribution in [0.25, 0.3) is 0 Å². The topological polar surface area (TPSA) is 26.0 Å². The lowest BCUT2D eigenvalue weighted by Crippen LogP contribution is -2.51. The Balaban J connectivity index is 3.56. The van der Waals surface area contributed by atoms with E-state index in [-0.39, 0.29) is 0 Å². The van der Waals surface area contributed by atoms with Crippen LogP contribution in [0.5, 0.6) is 0 Å². The van der Waals surface area contributed by atoms with Crippen LogP contribution in [0.4, 0.5) is 0 Å². The maximum Gasteiger partial charge on any atom is 0.0958 e. The number of rotatable bonds is 6. The molecule has 0 radical (unpaired) electrons. The van der Waals surface area contributed by atoms with Gasteiger partial charge < -0.3 is 0 Å². The fourth-order valence-corrected chi connectivity index (χ4v) is 1.27. The third-order valence-electron chi connectivity index (χ3n) is 3.19. The number of quaternary nitrogens is 1. The van der Waals surface area contributed by atoms with Crippen LogP contribution in [0.2, 0.25) is 0 Å². The Morgan fingerprint density at radius 2 is 1.77 bits per heavy atom. The van der Waals surface area contributed by atoms with Crippen LogP contribution in [0.1, 0.15) is 40.5 Å². The number of hydrogen-bond acceptors (Lipinski definition) is 1. The first kappa shape index (κ1) is 12.9. The van der Waals surface area contributed by atoms with Crippen LogP contribution in [-0.2, 0) is 0 Å². The van der Waals surface area contributed by atoms with Gasteiger partial charge in [-0.15, -0.1) is 0 Å². The molecule has 0 fully saturated rings. The van der Waals surface area contributed by atoms with E-state index >= 15 is 0 Å². The van der Waals surface area contributed by atoms with Gasteiger partial charge in [0.25, 0.3) is 0 Å². The first-order chi connectivity index (χ1) is 5.89. The molecule has 2 atom stereocenters. The van der Waals surface area contributed by atoms with Crippen LogP contribution < -0.4 is 5.84 Å². The highest BCUT2D eigenvalue weighted by Gasteiger charge is 2.14. The summed E-state index contributed by atoms with van der Waals surface area (Å²) in [6, 6.07) is 0. The molecule has 2 N–H and O–H groups in total. The highest BCUT2D eigenvalue weighted by molar-refractivity contribution is 4.56. The Kier molecular flexibility index (Phi) is 5.57. The Bertz CT molecular complexity index is 130. The van der Waals surface area contributed by atoms with Crippen molar-refractivity contribution < 1.29 is 4.59 Å². The van der Waals surface area contributed by atoms with E-state index in [2.05, 4.69) is 34.7 Å². The third kappa shape index (κ3) is 6.05. The summed E-state index contributed by atoms with van der Waals surface area (Å²) in [6.45, 7) is 11.2. The molecule has 0 aliphatic heterocycles. The van der Waals surface area contributed by atoms with E-state index in [1.807, 2.05) is 0 Å². The quantitative estimate of drug-likeness (QED) is 0.386. The Hall–Kier alpha value is -0.0800. The molecule has 0 aromatic heterocycles. The summed E-state index contributed by atoms with van der Waals surface area (Å²) in [4.78, 5) is 0.